The number of amides is 1. The summed E-state index contributed by atoms with van der Waals surface area (Å²) in [6.45, 7) is 0.297. The second-order valence-electron chi connectivity index (χ2n) is 6.60. The van der Waals surface area contributed by atoms with Crippen LogP contribution in [-0.2, 0) is 11.3 Å². The van der Waals surface area contributed by atoms with Crippen LogP contribution in [0, 0.1) is 3.57 Å². The summed E-state index contributed by atoms with van der Waals surface area (Å²) in [5.41, 5.74) is 2.58. The van der Waals surface area contributed by atoms with Crippen LogP contribution in [0.4, 0.5) is 5.69 Å². The van der Waals surface area contributed by atoms with Crippen LogP contribution >= 0.6 is 22.6 Å². The molecule has 28 heavy (non-hydrogen) atoms. The van der Waals surface area contributed by atoms with E-state index in [9.17, 15) is 14.7 Å². The van der Waals surface area contributed by atoms with Gasteiger partial charge < -0.3 is 10.0 Å². The second kappa shape index (κ2) is 7.48. The van der Waals surface area contributed by atoms with Crippen molar-refractivity contribution >= 4 is 56.7 Å². The van der Waals surface area contributed by atoms with Crippen molar-refractivity contribution in [1.29, 1.82) is 0 Å². The van der Waals surface area contributed by atoms with Gasteiger partial charge >= 0.3 is 0 Å². The molecule has 1 N–H and O–H groups in total. The highest BCUT2D eigenvalue weighted by atomic mass is 127. The summed E-state index contributed by atoms with van der Waals surface area (Å²) in [6.07, 6.45) is 2.11. The van der Waals surface area contributed by atoms with Gasteiger partial charge in [-0.2, -0.15) is 0 Å². The quantitative estimate of drug-likeness (QED) is 0.454. The molecular weight excluding hydrogens is 469 g/mol. The Balaban J connectivity index is 1.95. The number of benzene rings is 2. The molecule has 2 aromatic carbocycles. The van der Waals surface area contributed by atoms with Crippen molar-refractivity contribution in [3.8, 4) is 0 Å². The lowest BCUT2D eigenvalue weighted by molar-refractivity contribution is -0.112. The highest BCUT2D eigenvalue weighted by Crippen LogP contribution is 2.36. The molecule has 0 atom stereocenters. The van der Waals surface area contributed by atoms with Gasteiger partial charge in [0.05, 0.1) is 22.2 Å². The molecular formula is C21H18IN3O3. The fraction of sp³-hybridized carbons (Fsp3) is 0.190. The Morgan fingerprint density at radius 1 is 1.18 bits per heavy atom. The highest BCUT2D eigenvalue weighted by Gasteiger charge is 2.29. The lowest BCUT2D eigenvalue weighted by atomic mass is 10.1. The molecule has 6 nitrogen and oxygen atoms in total. The van der Waals surface area contributed by atoms with Gasteiger partial charge in [0.1, 0.15) is 5.82 Å². The first kappa shape index (κ1) is 18.8. The molecule has 3 aromatic rings. The average molecular weight is 487 g/mol. The maximum atomic E-state index is 13.1. The molecule has 1 aliphatic rings. The first-order valence-electron chi connectivity index (χ1n) is 8.91. The van der Waals surface area contributed by atoms with Crippen LogP contribution in [0.3, 0.4) is 0 Å². The summed E-state index contributed by atoms with van der Waals surface area (Å²) < 4.78 is 2.49. The molecule has 0 fully saturated rings. The zero-order valence-corrected chi connectivity index (χ0v) is 17.4. The minimum atomic E-state index is -0.170. The number of hydrogen-bond acceptors (Lipinski definition) is 4. The zero-order valence-electron chi connectivity index (χ0n) is 15.2. The summed E-state index contributed by atoms with van der Waals surface area (Å²) in [6, 6.07) is 13.1. The lowest BCUT2D eigenvalue weighted by Gasteiger charge is -2.12. The van der Waals surface area contributed by atoms with Gasteiger partial charge in [0.25, 0.3) is 11.5 Å². The third kappa shape index (κ3) is 3.14. The van der Waals surface area contributed by atoms with Crippen LogP contribution < -0.4 is 10.5 Å². The fourth-order valence-corrected chi connectivity index (χ4v) is 3.92. The zero-order chi connectivity index (χ0) is 19.8. The molecule has 1 amide bonds. The van der Waals surface area contributed by atoms with Gasteiger partial charge in [-0.05, 0) is 59.4 Å². The van der Waals surface area contributed by atoms with Crippen molar-refractivity contribution in [2.75, 3.05) is 18.6 Å². The number of aliphatic hydroxyl groups is 1. The van der Waals surface area contributed by atoms with E-state index in [1.807, 2.05) is 36.4 Å². The molecule has 0 saturated carbocycles. The van der Waals surface area contributed by atoms with Crippen LogP contribution in [0.15, 0.2) is 47.3 Å². The van der Waals surface area contributed by atoms with E-state index in [4.69, 9.17) is 0 Å². The van der Waals surface area contributed by atoms with Gasteiger partial charge in [-0.25, -0.2) is 4.98 Å². The van der Waals surface area contributed by atoms with Gasteiger partial charge in [-0.3, -0.25) is 14.2 Å². The number of aliphatic hydroxyl groups excluding tert-OH is 1. The van der Waals surface area contributed by atoms with E-state index < -0.39 is 0 Å². The Morgan fingerprint density at radius 3 is 2.75 bits per heavy atom. The van der Waals surface area contributed by atoms with E-state index in [1.54, 1.807) is 24.1 Å². The van der Waals surface area contributed by atoms with Gasteiger partial charge in [0.15, 0.2) is 0 Å². The number of halogens is 1. The van der Waals surface area contributed by atoms with E-state index in [-0.39, 0.29) is 18.1 Å². The predicted octanol–water partition coefficient (Wildman–Crippen LogP) is 2.90. The van der Waals surface area contributed by atoms with Crippen molar-refractivity contribution in [2.24, 2.45) is 0 Å². The Kier molecular flexibility index (Phi) is 5.03. The van der Waals surface area contributed by atoms with Crippen LogP contribution in [-0.4, -0.2) is 34.2 Å². The number of nitrogens with zero attached hydrogens (tertiary/aromatic N) is 3. The number of rotatable bonds is 4. The Hall–Kier alpha value is -2.52. The average Bonchev–Trinajstić information content (AvgIpc) is 2.93. The lowest BCUT2D eigenvalue weighted by Crippen LogP contribution is -2.25. The third-order valence-corrected chi connectivity index (χ3v) is 5.52. The number of para-hydroxylation sites is 1. The van der Waals surface area contributed by atoms with E-state index in [1.165, 1.54) is 4.57 Å². The van der Waals surface area contributed by atoms with Crippen LogP contribution in [0.25, 0.3) is 22.6 Å². The predicted molar refractivity (Wildman–Crippen MR) is 118 cm³/mol. The number of hydrogen-bond donors (Lipinski definition) is 1. The van der Waals surface area contributed by atoms with Crippen molar-refractivity contribution < 1.29 is 9.90 Å². The minimum Gasteiger partial charge on any atom is -0.396 e. The monoisotopic (exact) mass is 487 g/mol. The van der Waals surface area contributed by atoms with E-state index in [2.05, 4.69) is 27.6 Å². The van der Waals surface area contributed by atoms with Gasteiger partial charge in [0.2, 0.25) is 0 Å². The molecule has 2 heterocycles. The normalized spacial score (nSPS) is 14.9. The molecule has 0 spiro atoms. The number of carbonyl (C=O) groups is 1. The summed E-state index contributed by atoms with van der Waals surface area (Å²) in [5, 5.41) is 9.77. The number of anilines is 1. The molecule has 0 aliphatic carbocycles. The summed E-state index contributed by atoms with van der Waals surface area (Å²) in [7, 11) is 1.73. The largest absolute Gasteiger partial charge is 0.396 e. The molecule has 1 aliphatic heterocycles. The Bertz CT molecular complexity index is 1180. The number of fused-ring (bicyclic) bond motifs is 2. The molecule has 0 saturated heterocycles. The Labute approximate surface area is 175 Å². The SMILES string of the molecule is CN1C(=O)C(=Cc2nc3ccc(I)cc3c(=O)n2CCCO)c2ccccc21. The number of aromatic nitrogens is 2. The topological polar surface area (TPSA) is 75.4 Å². The standard InChI is InChI=1S/C21H18IN3O3/c1-24-18-6-3-2-5-14(18)15(20(24)27)12-19-23-17-8-7-13(22)11-16(17)21(28)25(19)9-4-10-26/h2-3,5-8,11-12,26H,4,9-10H2,1H3. The van der Waals surface area contributed by atoms with Crippen molar-refractivity contribution in [3.63, 3.8) is 0 Å². The summed E-state index contributed by atoms with van der Waals surface area (Å²) in [5.74, 6) is 0.285. The van der Waals surface area contributed by atoms with Gasteiger partial charge in [-0.15, -0.1) is 0 Å². The van der Waals surface area contributed by atoms with E-state index in [0.29, 0.717) is 35.3 Å². The smallest absolute Gasteiger partial charge is 0.261 e. The number of likely N-dealkylation sites (N-methyl/N-ethyl adjacent to an activating group) is 1. The maximum absolute atomic E-state index is 13.1. The highest BCUT2D eigenvalue weighted by molar-refractivity contribution is 14.1. The van der Waals surface area contributed by atoms with E-state index in [0.717, 1.165) is 14.8 Å². The molecule has 142 valence electrons. The summed E-state index contributed by atoms with van der Waals surface area (Å²) in [4.78, 5) is 32.1. The minimum absolute atomic E-state index is 0.0304. The number of carbonyl (C=O) groups excluding carboxylic acids is 1. The maximum Gasteiger partial charge on any atom is 0.261 e. The molecule has 7 heteroatoms. The van der Waals surface area contributed by atoms with Crippen LogP contribution in [0.2, 0.25) is 0 Å². The fourth-order valence-electron chi connectivity index (χ4n) is 3.43. The van der Waals surface area contributed by atoms with Gasteiger partial charge in [0, 0.05) is 29.3 Å². The van der Waals surface area contributed by atoms with Crippen LogP contribution in [0.5, 0.6) is 0 Å². The van der Waals surface area contributed by atoms with Crippen molar-refractivity contribution in [2.45, 2.75) is 13.0 Å². The first-order chi connectivity index (χ1) is 13.5. The van der Waals surface area contributed by atoms with Crippen molar-refractivity contribution in [3.05, 3.63) is 67.8 Å². The van der Waals surface area contributed by atoms with Gasteiger partial charge in [-0.1, -0.05) is 18.2 Å². The van der Waals surface area contributed by atoms with Crippen LogP contribution in [0.1, 0.15) is 17.8 Å². The molecule has 0 unspecified atom stereocenters. The summed E-state index contributed by atoms with van der Waals surface area (Å²) >= 11 is 2.16. The van der Waals surface area contributed by atoms with Crippen molar-refractivity contribution in [1.82, 2.24) is 9.55 Å². The first-order valence-corrected chi connectivity index (χ1v) is 9.99. The second-order valence-corrected chi connectivity index (χ2v) is 7.85. The third-order valence-electron chi connectivity index (χ3n) is 4.85. The molecule has 1 aromatic heterocycles. The molecule has 0 bridgehead atoms. The Morgan fingerprint density at radius 2 is 1.96 bits per heavy atom. The van der Waals surface area contributed by atoms with E-state index >= 15 is 0 Å². The molecule has 4 rings (SSSR count). The molecule has 0 radical (unpaired) electrons.